The largest absolute Gasteiger partial charge is 0.374 e. The SMILES string of the molecule is CCCNC(Cc1c(C)cccc1C)C1(C)CCCO1. The van der Waals surface area contributed by atoms with E-state index in [4.69, 9.17) is 4.74 Å². The second-order valence-corrected chi connectivity index (χ2v) is 6.35. The van der Waals surface area contributed by atoms with E-state index in [1.54, 1.807) is 0 Å². The number of nitrogens with one attached hydrogen (secondary N) is 1. The number of rotatable bonds is 6. The summed E-state index contributed by atoms with van der Waals surface area (Å²) in [5, 5.41) is 3.73. The van der Waals surface area contributed by atoms with Gasteiger partial charge in [0.15, 0.2) is 0 Å². The monoisotopic (exact) mass is 275 g/mol. The van der Waals surface area contributed by atoms with Gasteiger partial charge in [-0.15, -0.1) is 0 Å². The van der Waals surface area contributed by atoms with Crippen molar-refractivity contribution in [3.63, 3.8) is 0 Å². The zero-order chi connectivity index (χ0) is 14.6. The molecular weight excluding hydrogens is 246 g/mol. The summed E-state index contributed by atoms with van der Waals surface area (Å²) in [7, 11) is 0. The van der Waals surface area contributed by atoms with Crippen LogP contribution in [0.1, 0.15) is 49.8 Å². The Bertz CT molecular complexity index is 415. The van der Waals surface area contributed by atoms with E-state index in [1.807, 2.05) is 0 Å². The van der Waals surface area contributed by atoms with Crippen LogP contribution < -0.4 is 5.32 Å². The van der Waals surface area contributed by atoms with Gasteiger partial charge in [0.25, 0.3) is 0 Å². The van der Waals surface area contributed by atoms with Gasteiger partial charge in [0.1, 0.15) is 0 Å². The maximum Gasteiger partial charge on any atom is 0.0810 e. The van der Waals surface area contributed by atoms with Crippen LogP contribution in [0.4, 0.5) is 0 Å². The van der Waals surface area contributed by atoms with Gasteiger partial charge in [0.2, 0.25) is 0 Å². The molecule has 1 aromatic rings. The van der Waals surface area contributed by atoms with Crippen molar-refractivity contribution in [2.24, 2.45) is 0 Å². The molecule has 2 unspecified atom stereocenters. The van der Waals surface area contributed by atoms with Crippen molar-refractivity contribution in [3.8, 4) is 0 Å². The van der Waals surface area contributed by atoms with Crippen LogP contribution in [0.2, 0.25) is 0 Å². The first-order valence-electron chi connectivity index (χ1n) is 7.99. The lowest BCUT2D eigenvalue weighted by atomic mass is 9.85. The topological polar surface area (TPSA) is 21.3 Å². The Kier molecular flexibility index (Phi) is 5.22. The standard InChI is InChI=1S/C18H29NO/c1-5-11-19-17(18(4)10-7-12-20-18)13-16-14(2)8-6-9-15(16)3/h6,8-9,17,19H,5,7,10-13H2,1-4H3. The molecule has 1 saturated heterocycles. The number of hydrogen-bond donors (Lipinski definition) is 1. The summed E-state index contributed by atoms with van der Waals surface area (Å²) in [6, 6.07) is 7.00. The summed E-state index contributed by atoms with van der Waals surface area (Å²) >= 11 is 0. The van der Waals surface area contributed by atoms with Crippen molar-refractivity contribution in [2.45, 2.75) is 65.0 Å². The summed E-state index contributed by atoms with van der Waals surface area (Å²) in [6.45, 7) is 10.9. The fourth-order valence-corrected chi connectivity index (χ4v) is 3.27. The first-order valence-corrected chi connectivity index (χ1v) is 7.99. The van der Waals surface area contributed by atoms with Gasteiger partial charge < -0.3 is 10.1 Å². The Morgan fingerprint density at radius 2 is 2.00 bits per heavy atom. The third-order valence-electron chi connectivity index (χ3n) is 4.68. The van der Waals surface area contributed by atoms with Gasteiger partial charge in [0, 0.05) is 12.6 Å². The number of aryl methyl sites for hydroxylation is 2. The summed E-state index contributed by atoms with van der Waals surface area (Å²) in [4.78, 5) is 0. The predicted molar refractivity (Wildman–Crippen MR) is 85.3 cm³/mol. The molecule has 1 aliphatic heterocycles. The number of hydrogen-bond acceptors (Lipinski definition) is 2. The smallest absolute Gasteiger partial charge is 0.0810 e. The van der Waals surface area contributed by atoms with E-state index in [0.717, 1.165) is 19.6 Å². The van der Waals surface area contributed by atoms with Crippen LogP contribution >= 0.6 is 0 Å². The molecule has 1 fully saturated rings. The molecule has 2 heteroatoms. The van der Waals surface area contributed by atoms with Crippen molar-refractivity contribution >= 4 is 0 Å². The summed E-state index contributed by atoms with van der Waals surface area (Å²) < 4.78 is 6.09. The Hall–Kier alpha value is -0.860. The first kappa shape index (κ1) is 15.5. The quantitative estimate of drug-likeness (QED) is 0.853. The minimum atomic E-state index is -0.0100. The molecule has 1 aliphatic rings. The fraction of sp³-hybridized carbons (Fsp3) is 0.667. The molecule has 112 valence electrons. The van der Waals surface area contributed by atoms with E-state index in [9.17, 15) is 0 Å². The number of ether oxygens (including phenoxy) is 1. The molecule has 0 saturated carbocycles. The van der Waals surface area contributed by atoms with Gasteiger partial charge in [-0.3, -0.25) is 0 Å². The van der Waals surface area contributed by atoms with Crippen LogP contribution in [-0.4, -0.2) is 24.8 Å². The van der Waals surface area contributed by atoms with E-state index >= 15 is 0 Å². The highest BCUT2D eigenvalue weighted by atomic mass is 16.5. The van der Waals surface area contributed by atoms with Crippen LogP contribution in [0.25, 0.3) is 0 Å². The third kappa shape index (κ3) is 3.42. The van der Waals surface area contributed by atoms with Crippen molar-refractivity contribution in [3.05, 3.63) is 34.9 Å². The van der Waals surface area contributed by atoms with Crippen LogP contribution in [0, 0.1) is 13.8 Å². The third-order valence-corrected chi connectivity index (χ3v) is 4.68. The minimum Gasteiger partial charge on any atom is -0.374 e. The highest BCUT2D eigenvalue weighted by Crippen LogP contribution is 2.31. The predicted octanol–water partition coefficient (Wildman–Crippen LogP) is 3.78. The molecule has 1 N–H and O–H groups in total. The molecule has 0 spiro atoms. The lowest BCUT2D eigenvalue weighted by Gasteiger charge is -2.35. The molecule has 0 amide bonds. The van der Waals surface area contributed by atoms with Gasteiger partial charge in [-0.2, -0.15) is 0 Å². The van der Waals surface area contributed by atoms with E-state index in [-0.39, 0.29) is 5.60 Å². The molecule has 2 nitrogen and oxygen atoms in total. The average Bonchev–Trinajstić information content (AvgIpc) is 2.85. The zero-order valence-electron chi connectivity index (χ0n) is 13.5. The molecule has 1 heterocycles. The molecule has 0 bridgehead atoms. The Morgan fingerprint density at radius 3 is 2.55 bits per heavy atom. The Balaban J connectivity index is 2.19. The van der Waals surface area contributed by atoms with Crippen molar-refractivity contribution in [2.75, 3.05) is 13.2 Å². The lowest BCUT2D eigenvalue weighted by Crippen LogP contribution is -2.50. The first-order chi connectivity index (χ1) is 9.57. The zero-order valence-corrected chi connectivity index (χ0v) is 13.5. The molecule has 2 atom stereocenters. The summed E-state index contributed by atoms with van der Waals surface area (Å²) in [6.07, 6.45) is 4.58. The van der Waals surface area contributed by atoms with Crippen molar-refractivity contribution in [1.82, 2.24) is 5.32 Å². The van der Waals surface area contributed by atoms with Gasteiger partial charge >= 0.3 is 0 Å². The van der Waals surface area contributed by atoms with Gasteiger partial charge in [0.05, 0.1) is 5.60 Å². The van der Waals surface area contributed by atoms with Crippen molar-refractivity contribution in [1.29, 1.82) is 0 Å². The van der Waals surface area contributed by atoms with E-state index in [2.05, 4.69) is 51.2 Å². The normalized spacial score (nSPS) is 24.0. The average molecular weight is 275 g/mol. The van der Waals surface area contributed by atoms with Crippen LogP contribution in [0.15, 0.2) is 18.2 Å². The van der Waals surface area contributed by atoms with Gasteiger partial charge in [-0.1, -0.05) is 25.1 Å². The van der Waals surface area contributed by atoms with Gasteiger partial charge in [-0.25, -0.2) is 0 Å². The molecule has 20 heavy (non-hydrogen) atoms. The molecule has 0 radical (unpaired) electrons. The minimum absolute atomic E-state index is 0.0100. The fourth-order valence-electron chi connectivity index (χ4n) is 3.27. The molecule has 2 rings (SSSR count). The number of benzene rings is 1. The van der Waals surface area contributed by atoms with E-state index in [0.29, 0.717) is 6.04 Å². The highest BCUT2D eigenvalue weighted by molar-refractivity contribution is 5.34. The highest BCUT2D eigenvalue weighted by Gasteiger charge is 2.38. The lowest BCUT2D eigenvalue weighted by molar-refractivity contribution is -0.0114. The van der Waals surface area contributed by atoms with Crippen LogP contribution in [0.5, 0.6) is 0 Å². The van der Waals surface area contributed by atoms with E-state index in [1.165, 1.54) is 36.0 Å². The molecular formula is C18H29NO. The maximum absolute atomic E-state index is 6.09. The van der Waals surface area contributed by atoms with Gasteiger partial charge in [-0.05, 0) is 69.7 Å². The Morgan fingerprint density at radius 1 is 1.30 bits per heavy atom. The van der Waals surface area contributed by atoms with Crippen LogP contribution in [-0.2, 0) is 11.2 Å². The maximum atomic E-state index is 6.09. The second kappa shape index (κ2) is 6.73. The molecule has 1 aromatic carbocycles. The van der Waals surface area contributed by atoms with Crippen LogP contribution in [0.3, 0.4) is 0 Å². The van der Waals surface area contributed by atoms with Crippen molar-refractivity contribution < 1.29 is 4.74 Å². The molecule has 0 aromatic heterocycles. The van der Waals surface area contributed by atoms with E-state index < -0.39 is 0 Å². The summed E-state index contributed by atoms with van der Waals surface area (Å²) in [5.41, 5.74) is 4.27. The Labute approximate surface area is 123 Å². The molecule has 0 aliphatic carbocycles. The second-order valence-electron chi connectivity index (χ2n) is 6.35. The summed E-state index contributed by atoms with van der Waals surface area (Å²) in [5.74, 6) is 0.